The summed E-state index contributed by atoms with van der Waals surface area (Å²) in [7, 11) is -3.89. The maximum absolute atomic E-state index is 12.3. The molecule has 1 atom stereocenters. The Morgan fingerprint density at radius 2 is 2.05 bits per heavy atom. The first kappa shape index (κ1) is 16.1. The first-order chi connectivity index (χ1) is 9.72. The summed E-state index contributed by atoms with van der Waals surface area (Å²) in [6.07, 6.45) is 1.51. The predicted octanol–water partition coefficient (Wildman–Crippen LogP) is 2.91. The van der Waals surface area contributed by atoms with Crippen molar-refractivity contribution in [1.29, 1.82) is 0 Å². The van der Waals surface area contributed by atoms with Crippen LogP contribution in [0.5, 0.6) is 0 Å². The Balaban J connectivity index is 2.33. The molecule has 2 rings (SSSR count). The van der Waals surface area contributed by atoms with Crippen LogP contribution in [0.2, 0.25) is 10.0 Å². The van der Waals surface area contributed by atoms with Gasteiger partial charge in [0, 0.05) is 0 Å². The van der Waals surface area contributed by atoms with Gasteiger partial charge in [0.2, 0.25) is 15.9 Å². The van der Waals surface area contributed by atoms with Crippen LogP contribution in [0.15, 0.2) is 27.6 Å². The number of benzene rings is 1. The summed E-state index contributed by atoms with van der Waals surface area (Å²) in [5, 5.41) is 0.0705. The van der Waals surface area contributed by atoms with E-state index in [4.69, 9.17) is 33.4 Å². The summed E-state index contributed by atoms with van der Waals surface area (Å²) >= 11 is 11.7. The van der Waals surface area contributed by atoms with E-state index in [-0.39, 0.29) is 26.5 Å². The molecule has 0 aliphatic rings. The van der Waals surface area contributed by atoms with Crippen molar-refractivity contribution < 1.29 is 12.8 Å². The van der Waals surface area contributed by atoms with Gasteiger partial charge in [-0.3, -0.25) is 0 Å². The zero-order valence-corrected chi connectivity index (χ0v) is 13.6. The zero-order valence-electron chi connectivity index (χ0n) is 11.2. The van der Waals surface area contributed by atoms with Gasteiger partial charge in [0.15, 0.2) is 0 Å². The molecule has 0 saturated carbocycles. The lowest BCUT2D eigenvalue weighted by Crippen LogP contribution is -2.27. The number of aryl methyl sites for hydroxylation is 1. The molecule has 0 aliphatic carbocycles. The van der Waals surface area contributed by atoms with Crippen LogP contribution in [-0.2, 0) is 10.0 Å². The number of nitrogens with one attached hydrogen (secondary N) is 1. The Morgan fingerprint density at radius 1 is 1.38 bits per heavy atom. The van der Waals surface area contributed by atoms with Crippen LogP contribution >= 0.6 is 23.2 Å². The lowest BCUT2D eigenvalue weighted by molar-refractivity contribution is 0.428. The molecule has 1 aromatic carbocycles. The molecule has 6 nitrogen and oxygen atoms in total. The summed E-state index contributed by atoms with van der Waals surface area (Å²) in [6.45, 7) is 3.32. The lowest BCUT2D eigenvalue weighted by Gasteiger charge is -2.13. The molecule has 0 aliphatic heterocycles. The van der Waals surface area contributed by atoms with E-state index < -0.39 is 16.1 Å². The molecule has 0 saturated heterocycles. The van der Waals surface area contributed by atoms with Crippen molar-refractivity contribution in [1.82, 2.24) is 9.71 Å². The smallest absolute Gasteiger partial charge is 0.242 e. The maximum Gasteiger partial charge on any atom is 0.242 e. The number of nitrogens with two attached hydrogens (primary N) is 1. The normalized spacial score (nSPS) is 13.3. The second-order valence-corrected chi connectivity index (χ2v) is 6.89. The molecule has 1 unspecified atom stereocenters. The van der Waals surface area contributed by atoms with Crippen molar-refractivity contribution in [2.75, 3.05) is 5.73 Å². The van der Waals surface area contributed by atoms with Crippen LogP contribution in [0.25, 0.3) is 0 Å². The van der Waals surface area contributed by atoms with E-state index in [1.807, 2.05) is 0 Å². The van der Waals surface area contributed by atoms with Crippen LogP contribution < -0.4 is 10.5 Å². The fourth-order valence-corrected chi connectivity index (χ4v) is 3.64. The van der Waals surface area contributed by atoms with Crippen LogP contribution in [0.1, 0.15) is 24.6 Å². The number of halogens is 2. The van der Waals surface area contributed by atoms with E-state index in [1.54, 1.807) is 13.8 Å². The molecule has 0 radical (unpaired) electrons. The van der Waals surface area contributed by atoms with Crippen LogP contribution in [-0.4, -0.2) is 13.4 Å². The monoisotopic (exact) mass is 349 g/mol. The second-order valence-electron chi connectivity index (χ2n) is 4.43. The largest absolute Gasteiger partial charge is 0.444 e. The molecule has 114 valence electrons. The number of anilines is 1. The highest BCUT2D eigenvalue weighted by Gasteiger charge is 2.25. The van der Waals surface area contributed by atoms with Crippen LogP contribution in [0, 0.1) is 6.92 Å². The summed E-state index contributed by atoms with van der Waals surface area (Å²) in [6, 6.07) is 2.01. The standard InChI is InChI=1S/C12H13Cl2N3O3S/c1-6-5-16-12(20-6)7(2)17-21(18,19)9-4-3-8(13)11(15)10(9)14/h3-5,7,17H,15H2,1-2H3. The van der Waals surface area contributed by atoms with Gasteiger partial charge in [-0.15, -0.1) is 0 Å². The number of hydrogen-bond donors (Lipinski definition) is 2. The molecular formula is C12H13Cl2N3O3S. The topological polar surface area (TPSA) is 98.2 Å². The first-order valence-electron chi connectivity index (χ1n) is 5.90. The minimum atomic E-state index is -3.89. The number of oxazole rings is 1. The van der Waals surface area contributed by atoms with Crippen molar-refractivity contribution in [3.63, 3.8) is 0 Å². The SMILES string of the molecule is Cc1cnc(C(C)NS(=O)(=O)c2ccc(Cl)c(N)c2Cl)o1. The molecule has 0 spiro atoms. The van der Waals surface area contributed by atoms with Gasteiger partial charge in [-0.1, -0.05) is 23.2 Å². The van der Waals surface area contributed by atoms with Gasteiger partial charge < -0.3 is 10.2 Å². The molecular weight excluding hydrogens is 337 g/mol. The highest BCUT2D eigenvalue weighted by Crippen LogP contribution is 2.33. The molecule has 3 N–H and O–H groups in total. The summed E-state index contributed by atoms with van der Waals surface area (Å²) < 4.78 is 32.4. The Kier molecular flexibility index (Phi) is 4.48. The van der Waals surface area contributed by atoms with Crippen LogP contribution in [0.3, 0.4) is 0 Å². The predicted molar refractivity (Wildman–Crippen MR) is 80.9 cm³/mol. The lowest BCUT2D eigenvalue weighted by atomic mass is 10.3. The molecule has 2 aromatic rings. The fourth-order valence-electron chi connectivity index (χ4n) is 1.68. The minimum absolute atomic E-state index is 0.0147. The van der Waals surface area contributed by atoms with Gasteiger partial charge in [0.25, 0.3) is 0 Å². The Hall–Kier alpha value is -1.28. The van der Waals surface area contributed by atoms with E-state index in [2.05, 4.69) is 9.71 Å². The summed E-state index contributed by atoms with van der Waals surface area (Å²) in [5.41, 5.74) is 5.65. The van der Waals surface area contributed by atoms with Crippen molar-refractivity contribution in [2.24, 2.45) is 0 Å². The zero-order chi connectivity index (χ0) is 15.8. The van der Waals surface area contributed by atoms with Gasteiger partial charge >= 0.3 is 0 Å². The van der Waals surface area contributed by atoms with E-state index >= 15 is 0 Å². The molecule has 1 aromatic heterocycles. The number of aromatic nitrogens is 1. The third kappa shape index (κ3) is 3.32. The van der Waals surface area contributed by atoms with Gasteiger partial charge in [0.05, 0.1) is 28.0 Å². The number of nitrogen functional groups attached to an aromatic ring is 1. The number of hydrogen-bond acceptors (Lipinski definition) is 5. The van der Waals surface area contributed by atoms with Gasteiger partial charge in [0.1, 0.15) is 10.7 Å². The quantitative estimate of drug-likeness (QED) is 0.826. The van der Waals surface area contributed by atoms with Gasteiger partial charge in [-0.2, -0.15) is 4.72 Å². The number of nitrogens with zero attached hydrogens (tertiary/aromatic N) is 1. The van der Waals surface area contributed by atoms with Crippen molar-refractivity contribution >= 4 is 38.9 Å². The van der Waals surface area contributed by atoms with Gasteiger partial charge in [-0.25, -0.2) is 13.4 Å². The Morgan fingerprint density at radius 3 is 2.62 bits per heavy atom. The minimum Gasteiger partial charge on any atom is -0.444 e. The first-order valence-corrected chi connectivity index (χ1v) is 8.14. The third-order valence-corrected chi connectivity index (χ3v) is 5.15. The molecule has 0 fully saturated rings. The highest BCUT2D eigenvalue weighted by molar-refractivity contribution is 7.89. The molecule has 1 heterocycles. The summed E-state index contributed by atoms with van der Waals surface area (Å²) in [4.78, 5) is 3.82. The second kappa shape index (κ2) is 5.84. The van der Waals surface area contributed by atoms with E-state index in [1.165, 1.54) is 18.3 Å². The molecule has 0 amide bonds. The third-order valence-electron chi connectivity index (χ3n) is 2.72. The van der Waals surface area contributed by atoms with E-state index in [0.29, 0.717) is 5.76 Å². The highest BCUT2D eigenvalue weighted by atomic mass is 35.5. The van der Waals surface area contributed by atoms with E-state index in [9.17, 15) is 8.42 Å². The maximum atomic E-state index is 12.3. The Labute approximate surface area is 132 Å². The van der Waals surface area contributed by atoms with Crippen molar-refractivity contribution in [3.8, 4) is 0 Å². The number of sulfonamides is 1. The van der Waals surface area contributed by atoms with Crippen molar-refractivity contribution in [3.05, 3.63) is 40.0 Å². The molecule has 9 heteroatoms. The van der Waals surface area contributed by atoms with Crippen molar-refractivity contribution in [2.45, 2.75) is 24.8 Å². The fraction of sp³-hybridized carbons (Fsp3) is 0.250. The molecule has 21 heavy (non-hydrogen) atoms. The average molecular weight is 350 g/mol. The summed E-state index contributed by atoms with van der Waals surface area (Å²) in [5.74, 6) is 0.846. The number of rotatable bonds is 4. The van der Waals surface area contributed by atoms with Gasteiger partial charge in [-0.05, 0) is 26.0 Å². The molecule has 0 bridgehead atoms. The average Bonchev–Trinajstić information content (AvgIpc) is 2.82. The van der Waals surface area contributed by atoms with Crippen LogP contribution in [0.4, 0.5) is 5.69 Å². The van der Waals surface area contributed by atoms with E-state index in [0.717, 1.165) is 0 Å². The Bertz CT molecular complexity index is 774.